The number of hydrogen-bond donors (Lipinski definition) is 3. The van der Waals surface area contributed by atoms with Gasteiger partial charge in [0.25, 0.3) is 0 Å². The van der Waals surface area contributed by atoms with E-state index in [4.69, 9.17) is 10.5 Å². The quantitative estimate of drug-likeness (QED) is 0.709. The van der Waals surface area contributed by atoms with E-state index < -0.39 is 12.1 Å². The number of methoxy groups -OCH3 is 1. The third-order valence-corrected chi connectivity index (χ3v) is 2.97. The number of nitrogens with two attached hydrogens (primary N) is 1. The number of rotatable bonds is 7. The number of nitrogens with one attached hydrogen (secondary N) is 2. The molecule has 0 aliphatic carbocycles. The molecule has 0 heterocycles. The number of urea groups is 1. The molecule has 0 radical (unpaired) electrons. The maximum Gasteiger partial charge on any atom is 0.312 e. The van der Waals surface area contributed by atoms with Gasteiger partial charge in [0.05, 0.1) is 7.11 Å². The number of ether oxygens (including phenoxy) is 1. The Hall–Kier alpha value is -2.24. The molecule has 4 N–H and O–H groups in total. The summed E-state index contributed by atoms with van der Waals surface area (Å²) in [6.45, 7) is 4.34. The van der Waals surface area contributed by atoms with Gasteiger partial charge in [-0.2, -0.15) is 0 Å². The predicted octanol–water partition coefficient (Wildman–Crippen LogP) is 1.39. The first kappa shape index (κ1) is 16.8. The van der Waals surface area contributed by atoms with Gasteiger partial charge in [0.2, 0.25) is 5.91 Å². The molecule has 0 aliphatic heterocycles. The lowest BCUT2D eigenvalue weighted by Crippen LogP contribution is -2.48. The standard InChI is InChI=1S/C15H23N3O3/c1-10(2)8-13(18-15(16)20)14(19)17-9-11-4-6-12(21-3)7-5-11/h4-7,10,13H,8-9H2,1-3H3,(H,17,19)(H3,16,18,20). The first-order chi connectivity index (χ1) is 9.92. The number of primary amides is 1. The van der Waals surface area contributed by atoms with Crippen LogP contribution in [-0.2, 0) is 11.3 Å². The van der Waals surface area contributed by atoms with Crippen LogP contribution in [0.15, 0.2) is 24.3 Å². The molecule has 21 heavy (non-hydrogen) atoms. The maximum absolute atomic E-state index is 12.1. The minimum atomic E-state index is -0.694. The molecule has 0 bridgehead atoms. The van der Waals surface area contributed by atoms with Gasteiger partial charge in [-0.25, -0.2) is 4.79 Å². The third kappa shape index (κ3) is 6.16. The van der Waals surface area contributed by atoms with Crippen LogP contribution in [0.5, 0.6) is 5.75 Å². The number of amides is 3. The lowest BCUT2D eigenvalue weighted by atomic mass is 10.0. The Bertz CT molecular complexity index is 472. The molecule has 6 nitrogen and oxygen atoms in total. The molecule has 6 heteroatoms. The fourth-order valence-corrected chi connectivity index (χ4v) is 1.93. The third-order valence-electron chi connectivity index (χ3n) is 2.97. The van der Waals surface area contributed by atoms with Crippen LogP contribution in [0.25, 0.3) is 0 Å². The van der Waals surface area contributed by atoms with Crippen molar-refractivity contribution in [1.82, 2.24) is 10.6 Å². The molecule has 1 aromatic carbocycles. The molecule has 0 saturated carbocycles. The minimum absolute atomic E-state index is 0.238. The van der Waals surface area contributed by atoms with Gasteiger partial charge in [-0.15, -0.1) is 0 Å². The largest absolute Gasteiger partial charge is 0.497 e. The summed E-state index contributed by atoms with van der Waals surface area (Å²) in [5, 5.41) is 5.27. The molecule has 0 fully saturated rings. The number of hydrogen-bond acceptors (Lipinski definition) is 3. The lowest BCUT2D eigenvalue weighted by Gasteiger charge is -2.19. The zero-order valence-corrected chi connectivity index (χ0v) is 12.7. The average Bonchev–Trinajstić information content (AvgIpc) is 2.43. The smallest absolute Gasteiger partial charge is 0.312 e. The van der Waals surface area contributed by atoms with Gasteiger partial charge >= 0.3 is 6.03 Å². The highest BCUT2D eigenvalue weighted by Crippen LogP contribution is 2.11. The number of benzene rings is 1. The SMILES string of the molecule is COc1ccc(CNC(=O)C(CC(C)C)NC(N)=O)cc1. The minimum Gasteiger partial charge on any atom is -0.497 e. The Kier molecular flexibility index (Phi) is 6.52. The Morgan fingerprint density at radius 2 is 1.86 bits per heavy atom. The molecule has 0 spiro atoms. The van der Waals surface area contributed by atoms with Crippen molar-refractivity contribution >= 4 is 11.9 Å². The first-order valence-corrected chi connectivity index (χ1v) is 6.89. The van der Waals surface area contributed by atoms with Gasteiger partial charge < -0.3 is 21.1 Å². The topological polar surface area (TPSA) is 93.4 Å². The molecule has 0 aliphatic rings. The molecule has 1 unspecified atom stereocenters. The summed E-state index contributed by atoms with van der Waals surface area (Å²) in [7, 11) is 1.60. The Balaban J connectivity index is 2.57. The zero-order chi connectivity index (χ0) is 15.8. The van der Waals surface area contributed by atoms with Crippen molar-refractivity contribution in [3.63, 3.8) is 0 Å². The van der Waals surface area contributed by atoms with Crippen LogP contribution in [0.3, 0.4) is 0 Å². The van der Waals surface area contributed by atoms with Crippen molar-refractivity contribution in [2.75, 3.05) is 7.11 Å². The van der Waals surface area contributed by atoms with Crippen molar-refractivity contribution in [3.05, 3.63) is 29.8 Å². The zero-order valence-electron chi connectivity index (χ0n) is 12.7. The molecule has 0 aromatic heterocycles. The lowest BCUT2D eigenvalue weighted by molar-refractivity contribution is -0.123. The Labute approximate surface area is 125 Å². The molecule has 3 amide bonds. The number of carbonyl (C=O) groups excluding carboxylic acids is 2. The average molecular weight is 293 g/mol. The summed E-state index contributed by atoms with van der Waals surface area (Å²) >= 11 is 0. The highest BCUT2D eigenvalue weighted by molar-refractivity contribution is 5.86. The fourth-order valence-electron chi connectivity index (χ4n) is 1.93. The summed E-state index contributed by atoms with van der Waals surface area (Å²) in [6.07, 6.45) is 0.539. The Morgan fingerprint density at radius 3 is 2.33 bits per heavy atom. The van der Waals surface area contributed by atoms with E-state index >= 15 is 0 Å². The highest BCUT2D eigenvalue weighted by Gasteiger charge is 2.20. The molecule has 1 aromatic rings. The van der Waals surface area contributed by atoms with E-state index in [-0.39, 0.29) is 11.8 Å². The van der Waals surface area contributed by atoms with Crippen LogP contribution >= 0.6 is 0 Å². The van der Waals surface area contributed by atoms with Gasteiger partial charge in [0.1, 0.15) is 11.8 Å². The van der Waals surface area contributed by atoms with Crippen LogP contribution in [0.4, 0.5) is 4.79 Å². The van der Waals surface area contributed by atoms with E-state index in [1.54, 1.807) is 7.11 Å². The van der Waals surface area contributed by atoms with Crippen molar-refractivity contribution in [1.29, 1.82) is 0 Å². The van der Waals surface area contributed by atoms with Crippen molar-refractivity contribution in [2.24, 2.45) is 11.7 Å². The highest BCUT2D eigenvalue weighted by atomic mass is 16.5. The summed E-state index contributed by atoms with van der Waals surface area (Å²) in [5.74, 6) is 0.796. The van der Waals surface area contributed by atoms with Crippen LogP contribution in [0, 0.1) is 5.92 Å². The Morgan fingerprint density at radius 1 is 1.24 bits per heavy atom. The normalized spacial score (nSPS) is 11.8. The second-order valence-electron chi connectivity index (χ2n) is 5.26. The molecule has 1 atom stereocenters. The van der Waals surface area contributed by atoms with Crippen LogP contribution in [-0.4, -0.2) is 25.1 Å². The van der Waals surface area contributed by atoms with Gasteiger partial charge in [-0.05, 0) is 30.0 Å². The molecule has 116 valence electrons. The fraction of sp³-hybridized carbons (Fsp3) is 0.467. The second kappa shape index (κ2) is 8.14. The van der Waals surface area contributed by atoms with Gasteiger partial charge in [0.15, 0.2) is 0 Å². The monoisotopic (exact) mass is 293 g/mol. The van der Waals surface area contributed by atoms with E-state index in [9.17, 15) is 9.59 Å². The van der Waals surface area contributed by atoms with Gasteiger partial charge in [0, 0.05) is 6.54 Å². The summed E-state index contributed by atoms with van der Waals surface area (Å²) in [4.78, 5) is 23.1. The summed E-state index contributed by atoms with van der Waals surface area (Å²) < 4.78 is 5.07. The van der Waals surface area contributed by atoms with Crippen LogP contribution in [0.2, 0.25) is 0 Å². The van der Waals surface area contributed by atoms with E-state index in [1.165, 1.54) is 0 Å². The van der Waals surface area contributed by atoms with Gasteiger partial charge in [-0.3, -0.25) is 4.79 Å². The van der Waals surface area contributed by atoms with Gasteiger partial charge in [-0.1, -0.05) is 26.0 Å². The van der Waals surface area contributed by atoms with E-state index in [1.807, 2.05) is 38.1 Å². The van der Waals surface area contributed by atoms with Crippen LogP contribution in [0.1, 0.15) is 25.8 Å². The van der Waals surface area contributed by atoms with E-state index in [0.717, 1.165) is 11.3 Å². The van der Waals surface area contributed by atoms with E-state index in [0.29, 0.717) is 13.0 Å². The second-order valence-corrected chi connectivity index (χ2v) is 5.26. The van der Waals surface area contributed by atoms with Crippen LogP contribution < -0.4 is 21.1 Å². The number of carbonyl (C=O) groups is 2. The molecular weight excluding hydrogens is 270 g/mol. The first-order valence-electron chi connectivity index (χ1n) is 6.89. The van der Waals surface area contributed by atoms with Crippen molar-refractivity contribution in [3.8, 4) is 5.75 Å². The molecule has 1 rings (SSSR count). The maximum atomic E-state index is 12.1. The van der Waals surface area contributed by atoms with E-state index in [2.05, 4.69) is 10.6 Å². The molecular formula is C15H23N3O3. The van der Waals surface area contributed by atoms with Crippen molar-refractivity contribution in [2.45, 2.75) is 32.9 Å². The molecule has 0 saturated heterocycles. The summed E-state index contributed by atoms with van der Waals surface area (Å²) in [5.41, 5.74) is 6.05. The van der Waals surface area contributed by atoms with Crippen molar-refractivity contribution < 1.29 is 14.3 Å². The summed E-state index contributed by atoms with van der Waals surface area (Å²) in [6, 6.07) is 6.10. The predicted molar refractivity (Wildman–Crippen MR) is 80.8 cm³/mol.